The van der Waals surface area contributed by atoms with E-state index in [0.29, 0.717) is 6.61 Å². The van der Waals surface area contributed by atoms with E-state index < -0.39 is 0 Å². The first-order valence-electron chi connectivity index (χ1n) is 5.57. The minimum Gasteiger partial charge on any atom is -0.379 e. The van der Waals surface area contributed by atoms with E-state index in [0.717, 1.165) is 19.1 Å². The second-order valence-electron chi connectivity index (χ2n) is 3.90. The van der Waals surface area contributed by atoms with Crippen LogP contribution in [0.2, 0.25) is 0 Å². The fraction of sp³-hybridized carbons (Fsp3) is 0.909. The van der Waals surface area contributed by atoms with Gasteiger partial charge in [0.25, 0.3) is 0 Å². The van der Waals surface area contributed by atoms with Crippen molar-refractivity contribution in [3.8, 4) is 6.07 Å². The van der Waals surface area contributed by atoms with Gasteiger partial charge < -0.3 is 10.1 Å². The van der Waals surface area contributed by atoms with Crippen molar-refractivity contribution >= 4 is 0 Å². The summed E-state index contributed by atoms with van der Waals surface area (Å²) in [6.45, 7) is 4.16. The van der Waals surface area contributed by atoms with Crippen LogP contribution in [-0.4, -0.2) is 25.8 Å². The third-order valence-corrected chi connectivity index (χ3v) is 2.79. The molecular weight excluding hydrogens is 176 g/mol. The standard InChI is InChI=1S/C11H20N2O/c1-2-13-11(8-12)9-14-7-6-10-4-3-5-10/h10-11,13H,2-7,9H2,1H3. The molecule has 1 aliphatic rings. The van der Waals surface area contributed by atoms with Crippen molar-refractivity contribution in [3.63, 3.8) is 0 Å². The number of hydrogen-bond donors (Lipinski definition) is 1. The highest BCUT2D eigenvalue weighted by molar-refractivity contribution is 4.89. The fourth-order valence-corrected chi connectivity index (χ4v) is 1.62. The zero-order valence-corrected chi connectivity index (χ0v) is 8.96. The van der Waals surface area contributed by atoms with Gasteiger partial charge in [-0.3, -0.25) is 0 Å². The molecule has 0 aromatic rings. The lowest BCUT2D eigenvalue weighted by molar-refractivity contribution is 0.0985. The number of hydrogen-bond acceptors (Lipinski definition) is 3. The van der Waals surface area contributed by atoms with Crippen LogP contribution in [0.15, 0.2) is 0 Å². The molecule has 80 valence electrons. The van der Waals surface area contributed by atoms with Crippen LogP contribution >= 0.6 is 0 Å². The summed E-state index contributed by atoms with van der Waals surface area (Å²) in [7, 11) is 0. The van der Waals surface area contributed by atoms with E-state index >= 15 is 0 Å². The van der Waals surface area contributed by atoms with Gasteiger partial charge >= 0.3 is 0 Å². The molecule has 1 N–H and O–H groups in total. The molecule has 0 saturated heterocycles. The summed E-state index contributed by atoms with van der Waals surface area (Å²) < 4.78 is 5.46. The van der Waals surface area contributed by atoms with Crippen LogP contribution in [0.4, 0.5) is 0 Å². The Kier molecular flexibility index (Phi) is 5.58. The largest absolute Gasteiger partial charge is 0.379 e. The molecule has 0 spiro atoms. The van der Waals surface area contributed by atoms with Gasteiger partial charge in [0.1, 0.15) is 6.04 Å². The number of nitrogens with one attached hydrogen (secondary N) is 1. The van der Waals surface area contributed by atoms with Gasteiger partial charge in [0, 0.05) is 6.61 Å². The number of rotatable bonds is 7. The number of likely N-dealkylation sites (N-methyl/N-ethyl adjacent to an activating group) is 1. The maximum atomic E-state index is 8.73. The summed E-state index contributed by atoms with van der Waals surface area (Å²) in [5, 5.41) is 11.8. The Morgan fingerprint density at radius 2 is 2.36 bits per heavy atom. The zero-order chi connectivity index (χ0) is 10.2. The molecule has 1 unspecified atom stereocenters. The Hall–Kier alpha value is -0.590. The van der Waals surface area contributed by atoms with Gasteiger partial charge in [-0.1, -0.05) is 26.2 Å². The van der Waals surface area contributed by atoms with Gasteiger partial charge in [-0.05, 0) is 18.9 Å². The lowest BCUT2D eigenvalue weighted by atomic mass is 9.83. The number of ether oxygens (including phenoxy) is 1. The molecule has 0 aliphatic heterocycles. The SMILES string of the molecule is CCNC(C#N)COCCC1CCC1. The molecule has 14 heavy (non-hydrogen) atoms. The van der Waals surface area contributed by atoms with Crippen molar-refractivity contribution in [2.75, 3.05) is 19.8 Å². The van der Waals surface area contributed by atoms with Crippen molar-refractivity contribution < 1.29 is 4.74 Å². The van der Waals surface area contributed by atoms with Crippen LogP contribution in [0.5, 0.6) is 0 Å². The Labute approximate surface area is 86.4 Å². The van der Waals surface area contributed by atoms with Crippen LogP contribution in [0, 0.1) is 17.2 Å². The minimum absolute atomic E-state index is 0.138. The third-order valence-electron chi connectivity index (χ3n) is 2.79. The molecule has 3 heteroatoms. The second kappa shape index (κ2) is 6.80. The van der Waals surface area contributed by atoms with E-state index in [1.165, 1.54) is 25.7 Å². The third kappa shape index (κ3) is 4.08. The quantitative estimate of drug-likeness (QED) is 0.630. The van der Waals surface area contributed by atoms with Gasteiger partial charge in [0.05, 0.1) is 12.7 Å². The predicted molar refractivity (Wildman–Crippen MR) is 55.9 cm³/mol. The first kappa shape index (κ1) is 11.5. The molecular formula is C11H20N2O. The molecule has 1 fully saturated rings. The van der Waals surface area contributed by atoms with Gasteiger partial charge in [-0.2, -0.15) is 5.26 Å². The van der Waals surface area contributed by atoms with Crippen molar-refractivity contribution in [2.24, 2.45) is 5.92 Å². The molecule has 0 aromatic heterocycles. The first-order chi connectivity index (χ1) is 6.86. The topological polar surface area (TPSA) is 45.0 Å². The van der Waals surface area contributed by atoms with Crippen molar-refractivity contribution in [3.05, 3.63) is 0 Å². The van der Waals surface area contributed by atoms with Gasteiger partial charge in [0.2, 0.25) is 0 Å². The summed E-state index contributed by atoms with van der Waals surface area (Å²) in [5.74, 6) is 0.898. The summed E-state index contributed by atoms with van der Waals surface area (Å²) in [4.78, 5) is 0. The molecule has 1 atom stereocenters. The molecule has 0 heterocycles. The Balaban J connectivity index is 1.93. The molecule has 0 amide bonds. The summed E-state index contributed by atoms with van der Waals surface area (Å²) >= 11 is 0. The smallest absolute Gasteiger partial charge is 0.119 e. The predicted octanol–water partition coefficient (Wildman–Crippen LogP) is 1.69. The molecule has 1 saturated carbocycles. The number of nitriles is 1. The molecule has 0 radical (unpaired) electrons. The van der Waals surface area contributed by atoms with Crippen LogP contribution in [0.25, 0.3) is 0 Å². The molecule has 1 aliphatic carbocycles. The van der Waals surface area contributed by atoms with Crippen molar-refractivity contribution in [1.82, 2.24) is 5.32 Å². The molecule has 0 aromatic carbocycles. The maximum Gasteiger partial charge on any atom is 0.119 e. The molecule has 0 bridgehead atoms. The average molecular weight is 196 g/mol. The monoisotopic (exact) mass is 196 g/mol. The minimum atomic E-state index is -0.138. The number of nitrogens with zero attached hydrogens (tertiary/aromatic N) is 1. The van der Waals surface area contributed by atoms with E-state index in [1.54, 1.807) is 0 Å². The summed E-state index contributed by atoms with van der Waals surface area (Å²) in [5.41, 5.74) is 0. The van der Waals surface area contributed by atoms with Crippen LogP contribution < -0.4 is 5.32 Å². The average Bonchev–Trinajstić information content (AvgIpc) is 2.13. The van der Waals surface area contributed by atoms with E-state index in [1.807, 2.05) is 6.92 Å². The Morgan fingerprint density at radius 1 is 1.57 bits per heavy atom. The van der Waals surface area contributed by atoms with Crippen LogP contribution in [-0.2, 0) is 4.74 Å². The Bertz CT molecular complexity index is 184. The van der Waals surface area contributed by atoms with Crippen molar-refractivity contribution in [2.45, 2.75) is 38.6 Å². The van der Waals surface area contributed by atoms with Gasteiger partial charge in [-0.25, -0.2) is 0 Å². The first-order valence-corrected chi connectivity index (χ1v) is 5.57. The highest BCUT2D eigenvalue weighted by Crippen LogP contribution is 2.28. The van der Waals surface area contributed by atoms with E-state index in [2.05, 4.69) is 11.4 Å². The fourth-order valence-electron chi connectivity index (χ4n) is 1.62. The molecule has 1 rings (SSSR count). The van der Waals surface area contributed by atoms with Gasteiger partial charge in [0.15, 0.2) is 0 Å². The van der Waals surface area contributed by atoms with Gasteiger partial charge in [-0.15, -0.1) is 0 Å². The van der Waals surface area contributed by atoms with Crippen LogP contribution in [0.1, 0.15) is 32.6 Å². The highest BCUT2D eigenvalue weighted by Gasteiger charge is 2.16. The van der Waals surface area contributed by atoms with Crippen molar-refractivity contribution in [1.29, 1.82) is 5.26 Å². The highest BCUT2D eigenvalue weighted by atomic mass is 16.5. The Morgan fingerprint density at radius 3 is 2.86 bits per heavy atom. The van der Waals surface area contributed by atoms with E-state index in [4.69, 9.17) is 10.00 Å². The lowest BCUT2D eigenvalue weighted by Gasteiger charge is -2.25. The zero-order valence-electron chi connectivity index (χ0n) is 8.96. The molecule has 3 nitrogen and oxygen atoms in total. The second-order valence-corrected chi connectivity index (χ2v) is 3.90. The lowest BCUT2D eigenvalue weighted by Crippen LogP contribution is -2.32. The van der Waals surface area contributed by atoms with Crippen LogP contribution in [0.3, 0.4) is 0 Å². The summed E-state index contributed by atoms with van der Waals surface area (Å²) in [6.07, 6.45) is 5.31. The maximum absolute atomic E-state index is 8.73. The summed E-state index contributed by atoms with van der Waals surface area (Å²) in [6, 6.07) is 2.05. The normalized spacial score (nSPS) is 18.6. The van der Waals surface area contributed by atoms with E-state index in [9.17, 15) is 0 Å². The van der Waals surface area contributed by atoms with E-state index in [-0.39, 0.29) is 6.04 Å².